The Labute approximate surface area is 97.1 Å². The van der Waals surface area contributed by atoms with Crippen LogP contribution in [0.2, 0.25) is 0 Å². The summed E-state index contributed by atoms with van der Waals surface area (Å²) in [5.74, 6) is 0.838. The minimum Gasteiger partial charge on any atom is -0.495 e. The average Bonchev–Trinajstić information content (AvgIpc) is 2.30. The zero-order valence-corrected chi connectivity index (χ0v) is 9.86. The van der Waals surface area contributed by atoms with Crippen LogP contribution in [0.25, 0.3) is 11.1 Å². The molecule has 0 spiro atoms. The molecule has 1 aromatic heterocycles. The number of para-hydroxylation sites is 1. The van der Waals surface area contributed by atoms with Crippen LogP contribution in [0.5, 0.6) is 5.75 Å². The monoisotopic (exact) mass is 263 g/mol. The van der Waals surface area contributed by atoms with E-state index in [0.29, 0.717) is 0 Å². The molecule has 0 fully saturated rings. The van der Waals surface area contributed by atoms with Gasteiger partial charge in [-0.05, 0) is 28.1 Å². The van der Waals surface area contributed by atoms with Crippen molar-refractivity contribution in [2.75, 3.05) is 7.11 Å². The van der Waals surface area contributed by atoms with Crippen LogP contribution in [0, 0.1) is 0 Å². The SMILES string of the molecule is COc1c(Br)cccc1-c1cccnc1. The Morgan fingerprint density at radius 1 is 1.20 bits per heavy atom. The molecule has 0 aliphatic rings. The molecular weight excluding hydrogens is 254 g/mol. The lowest BCUT2D eigenvalue weighted by molar-refractivity contribution is 0.414. The maximum Gasteiger partial charge on any atom is 0.140 e. The molecule has 2 aromatic rings. The van der Waals surface area contributed by atoms with Gasteiger partial charge >= 0.3 is 0 Å². The predicted molar refractivity (Wildman–Crippen MR) is 63.9 cm³/mol. The lowest BCUT2D eigenvalue weighted by Crippen LogP contribution is -1.89. The van der Waals surface area contributed by atoms with Gasteiger partial charge in [0.05, 0.1) is 11.6 Å². The van der Waals surface area contributed by atoms with Crippen molar-refractivity contribution in [3.05, 3.63) is 47.2 Å². The largest absolute Gasteiger partial charge is 0.495 e. The summed E-state index contributed by atoms with van der Waals surface area (Å²) < 4.78 is 6.31. The van der Waals surface area contributed by atoms with E-state index in [0.717, 1.165) is 21.3 Å². The first kappa shape index (κ1) is 10.2. The summed E-state index contributed by atoms with van der Waals surface area (Å²) in [6.45, 7) is 0. The first-order valence-corrected chi connectivity index (χ1v) is 5.35. The van der Waals surface area contributed by atoms with Gasteiger partial charge in [-0.2, -0.15) is 0 Å². The van der Waals surface area contributed by atoms with E-state index in [1.54, 1.807) is 13.3 Å². The van der Waals surface area contributed by atoms with Crippen molar-refractivity contribution in [3.8, 4) is 16.9 Å². The van der Waals surface area contributed by atoms with Crippen LogP contribution in [-0.4, -0.2) is 12.1 Å². The summed E-state index contributed by atoms with van der Waals surface area (Å²) in [6.07, 6.45) is 3.58. The van der Waals surface area contributed by atoms with E-state index in [2.05, 4.69) is 20.9 Å². The van der Waals surface area contributed by atoms with Gasteiger partial charge in [0, 0.05) is 23.5 Å². The van der Waals surface area contributed by atoms with Gasteiger partial charge in [-0.1, -0.05) is 18.2 Å². The number of hydrogen-bond donors (Lipinski definition) is 0. The normalized spacial score (nSPS) is 10.0. The molecular formula is C12H10BrNO. The van der Waals surface area contributed by atoms with Crippen LogP contribution >= 0.6 is 15.9 Å². The predicted octanol–water partition coefficient (Wildman–Crippen LogP) is 3.52. The zero-order valence-electron chi connectivity index (χ0n) is 8.27. The van der Waals surface area contributed by atoms with Crippen LogP contribution in [0.4, 0.5) is 0 Å². The average molecular weight is 264 g/mol. The van der Waals surface area contributed by atoms with Crippen molar-refractivity contribution in [1.82, 2.24) is 4.98 Å². The molecule has 0 aliphatic carbocycles. The van der Waals surface area contributed by atoms with Crippen molar-refractivity contribution < 1.29 is 4.74 Å². The number of rotatable bonds is 2. The third-order valence-corrected chi connectivity index (χ3v) is 2.77. The first-order chi connectivity index (χ1) is 7.33. The molecule has 1 heterocycles. The fraction of sp³-hybridized carbons (Fsp3) is 0.0833. The van der Waals surface area contributed by atoms with E-state index in [-0.39, 0.29) is 0 Å². The third kappa shape index (κ3) is 2.02. The molecule has 3 heteroatoms. The highest BCUT2D eigenvalue weighted by molar-refractivity contribution is 9.10. The molecule has 0 amide bonds. The van der Waals surface area contributed by atoms with Gasteiger partial charge in [-0.15, -0.1) is 0 Å². The van der Waals surface area contributed by atoms with Crippen LogP contribution < -0.4 is 4.74 Å². The van der Waals surface area contributed by atoms with E-state index < -0.39 is 0 Å². The van der Waals surface area contributed by atoms with E-state index in [9.17, 15) is 0 Å². The molecule has 76 valence electrons. The maximum absolute atomic E-state index is 5.36. The number of pyridine rings is 1. The number of aromatic nitrogens is 1. The van der Waals surface area contributed by atoms with Crippen LogP contribution in [0.3, 0.4) is 0 Å². The number of hydrogen-bond acceptors (Lipinski definition) is 2. The summed E-state index contributed by atoms with van der Waals surface area (Å²) in [4.78, 5) is 4.10. The summed E-state index contributed by atoms with van der Waals surface area (Å²) in [7, 11) is 1.67. The Kier molecular flexibility index (Phi) is 3.02. The highest BCUT2D eigenvalue weighted by Gasteiger charge is 2.08. The quantitative estimate of drug-likeness (QED) is 0.827. The fourth-order valence-electron chi connectivity index (χ4n) is 1.47. The summed E-state index contributed by atoms with van der Waals surface area (Å²) in [5, 5.41) is 0. The van der Waals surface area contributed by atoms with Gasteiger partial charge in [0.25, 0.3) is 0 Å². The molecule has 15 heavy (non-hydrogen) atoms. The second kappa shape index (κ2) is 4.45. The molecule has 2 rings (SSSR count). The van der Waals surface area contributed by atoms with Gasteiger partial charge in [0.15, 0.2) is 0 Å². The summed E-state index contributed by atoms with van der Waals surface area (Å²) in [6, 6.07) is 9.88. The van der Waals surface area contributed by atoms with E-state index in [4.69, 9.17) is 4.74 Å². The Hall–Kier alpha value is -1.35. The van der Waals surface area contributed by atoms with E-state index in [1.165, 1.54) is 0 Å². The first-order valence-electron chi connectivity index (χ1n) is 4.56. The lowest BCUT2D eigenvalue weighted by atomic mass is 10.1. The zero-order chi connectivity index (χ0) is 10.7. The molecule has 0 saturated carbocycles. The van der Waals surface area contributed by atoms with Crippen molar-refractivity contribution >= 4 is 15.9 Å². The van der Waals surface area contributed by atoms with Gasteiger partial charge in [0.1, 0.15) is 5.75 Å². The van der Waals surface area contributed by atoms with Crippen LogP contribution in [0.1, 0.15) is 0 Å². The van der Waals surface area contributed by atoms with Gasteiger partial charge < -0.3 is 4.74 Å². The molecule has 0 atom stereocenters. The maximum atomic E-state index is 5.36. The third-order valence-electron chi connectivity index (χ3n) is 2.14. The lowest BCUT2D eigenvalue weighted by Gasteiger charge is -2.09. The number of halogens is 1. The van der Waals surface area contributed by atoms with Gasteiger partial charge in [-0.25, -0.2) is 0 Å². The molecule has 0 unspecified atom stereocenters. The number of benzene rings is 1. The van der Waals surface area contributed by atoms with Crippen LogP contribution in [0.15, 0.2) is 47.2 Å². The molecule has 0 N–H and O–H groups in total. The van der Waals surface area contributed by atoms with Crippen molar-refractivity contribution in [1.29, 1.82) is 0 Å². The van der Waals surface area contributed by atoms with Gasteiger partial charge in [0.2, 0.25) is 0 Å². The van der Waals surface area contributed by atoms with Crippen molar-refractivity contribution in [2.45, 2.75) is 0 Å². The molecule has 0 saturated heterocycles. The van der Waals surface area contributed by atoms with Gasteiger partial charge in [-0.3, -0.25) is 4.98 Å². The molecule has 1 aromatic carbocycles. The molecule has 0 aliphatic heterocycles. The Morgan fingerprint density at radius 3 is 2.73 bits per heavy atom. The molecule has 2 nitrogen and oxygen atoms in total. The number of ether oxygens (including phenoxy) is 1. The standard InChI is InChI=1S/C12H10BrNO/c1-15-12-10(5-2-6-11(12)13)9-4-3-7-14-8-9/h2-8H,1H3. The minimum absolute atomic E-state index is 0.838. The van der Waals surface area contributed by atoms with E-state index >= 15 is 0 Å². The topological polar surface area (TPSA) is 22.1 Å². The van der Waals surface area contributed by atoms with E-state index in [1.807, 2.05) is 36.5 Å². The summed E-state index contributed by atoms with van der Waals surface area (Å²) in [5.41, 5.74) is 2.09. The number of nitrogens with zero attached hydrogens (tertiary/aromatic N) is 1. The van der Waals surface area contributed by atoms with Crippen LogP contribution in [-0.2, 0) is 0 Å². The smallest absolute Gasteiger partial charge is 0.140 e. The second-order valence-electron chi connectivity index (χ2n) is 3.06. The molecule has 0 bridgehead atoms. The Morgan fingerprint density at radius 2 is 2.07 bits per heavy atom. The fourth-order valence-corrected chi connectivity index (χ4v) is 1.99. The second-order valence-corrected chi connectivity index (χ2v) is 3.92. The summed E-state index contributed by atoms with van der Waals surface area (Å²) >= 11 is 3.46. The minimum atomic E-state index is 0.838. The van der Waals surface area contributed by atoms with Crippen molar-refractivity contribution in [3.63, 3.8) is 0 Å². The molecule has 0 radical (unpaired) electrons. The number of methoxy groups -OCH3 is 1. The van der Waals surface area contributed by atoms with Crippen molar-refractivity contribution in [2.24, 2.45) is 0 Å². The highest BCUT2D eigenvalue weighted by Crippen LogP contribution is 2.35. The highest BCUT2D eigenvalue weighted by atomic mass is 79.9. The Bertz CT molecular complexity index is 456. The Balaban J connectivity index is 2.58.